The van der Waals surface area contributed by atoms with E-state index in [4.69, 9.17) is 0 Å². The minimum Gasteiger partial charge on any atom is -0.342 e. The molecule has 0 aliphatic carbocycles. The number of rotatable bonds is 7. The van der Waals surface area contributed by atoms with Crippen LogP contribution >= 0.6 is 0 Å². The Bertz CT molecular complexity index is 1060. The van der Waals surface area contributed by atoms with Gasteiger partial charge in [-0.1, -0.05) is 50.2 Å². The standard InChI is InChI=1S/C26H34FN5O3/c1-16(2)19-13-14-20(29-23(19)27)22(18-10-7-6-8-11-18)30-24(33)21-12-9-15-32(21)25(34)17(3)28-26(35)31(4)5/h6-8,10-11,13-14,16-17,21-22H,9,12,15H2,1-5H3,(H,28,35)(H,30,33)/t17-,21-,22-/m0/s1. The van der Waals surface area contributed by atoms with Gasteiger partial charge in [0.05, 0.1) is 11.7 Å². The summed E-state index contributed by atoms with van der Waals surface area (Å²) in [4.78, 5) is 45.4. The van der Waals surface area contributed by atoms with Gasteiger partial charge in [-0.25, -0.2) is 9.78 Å². The predicted molar refractivity (Wildman–Crippen MR) is 131 cm³/mol. The topological polar surface area (TPSA) is 94.6 Å². The molecule has 0 radical (unpaired) electrons. The molecule has 1 fully saturated rings. The van der Waals surface area contributed by atoms with Gasteiger partial charge in [0.25, 0.3) is 0 Å². The van der Waals surface area contributed by atoms with E-state index in [2.05, 4.69) is 15.6 Å². The molecule has 0 unspecified atom stereocenters. The van der Waals surface area contributed by atoms with Crippen LogP contribution < -0.4 is 10.6 Å². The Balaban J connectivity index is 1.82. The number of aromatic nitrogens is 1. The molecule has 188 valence electrons. The lowest BCUT2D eigenvalue weighted by Crippen LogP contribution is -2.54. The quantitative estimate of drug-likeness (QED) is 0.592. The first-order valence-corrected chi connectivity index (χ1v) is 11.9. The van der Waals surface area contributed by atoms with Gasteiger partial charge in [0.15, 0.2) is 0 Å². The third-order valence-corrected chi connectivity index (χ3v) is 6.19. The molecule has 2 heterocycles. The Morgan fingerprint density at radius 3 is 2.34 bits per heavy atom. The van der Waals surface area contributed by atoms with Crippen molar-refractivity contribution >= 4 is 17.8 Å². The Labute approximate surface area is 205 Å². The van der Waals surface area contributed by atoms with Crippen LogP contribution in [0.2, 0.25) is 0 Å². The Morgan fingerprint density at radius 1 is 1.06 bits per heavy atom. The summed E-state index contributed by atoms with van der Waals surface area (Å²) in [6.07, 6.45) is 1.17. The number of nitrogens with one attached hydrogen (secondary N) is 2. The minimum atomic E-state index is -0.775. The Kier molecular flexibility index (Phi) is 8.43. The fraction of sp³-hybridized carbons (Fsp3) is 0.462. The van der Waals surface area contributed by atoms with Gasteiger partial charge in [-0.3, -0.25) is 9.59 Å². The molecule has 1 aromatic carbocycles. The summed E-state index contributed by atoms with van der Waals surface area (Å²) >= 11 is 0. The van der Waals surface area contributed by atoms with E-state index in [9.17, 15) is 18.8 Å². The largest absolute Gasteiger partial charge is 0.342 e. The minimum absolute atomic E-state index is 0.0191. The van der Waals surface area contributed by atoms with Gasteiger partial charge in [-0.2, -0.15) is 4.39 Å². The molecule has 1 aromatic heterocycles. The van der Waals surface area contributed by atoms with Crippen molar-refractivity contribution in [1.82, 2.24) is 25.4 Å². The number of amides is 4. The molecule has 8 nitrogen and oxygen atoms in total. The molecule has 1 saturated heterocycles. The average molecular weight is 484 g/mol. The number of halogens is 1. The highest BCUT2D eigenvalue weighted by atomic mass is 19.1. The lowest BCUT2D eigenvalue weighted by molar-refractivity contribution is -0.139. The maximum atomic E-state index is 14.7. The van der Waals surface area contributed by atoms with Crippen LogP contribution in [0.25, 0.3) is 0 Å². The predicted octanol–water partition coefficient (Wildman–Crippen LogP) is 3.20. The molecule has 1 aliphatic rings. The fourth-order valence-corrected chi connectivity index (χ4v) is 4.19. The number of carbonyl (C=O) groups is 3. The van der Waals surface area contributed by atoms with Crippen LogP contribution in [-0.2, 0) is 9.59 Å². The molecule has 35 heavy (non-hydrogen) atoms. The maximum absolute atomic E-state index is 14.7. The first-order chi connectivity index (χ1) is 16.6. The summed E-state index contributed by atoms with van der Waals surface area (Å²) < 4.78 is 14.7. The highest BCUT2D eigenvalue weighted by molar-refractivity contribution is 5.92. The molecule has 0 saturated carbocycles. The van der Waals surface area contributed by atoms with E-state index in [1.54, 1.807) is 33.2 Å². The maximum Gasteiger partial charge on any atom is 0.317 e. The third-order valence-electron chi connectivity index (χ3n) is 6.19. The van der Waals surface area contributed by atoms with Crippen LogP contribution in [-0.4, -0.2) is 65.4 Å². The van der Waals surface area contributed by atoms with E-state index in [0.29, 0.717) is 30.6 Å². The monoisotopic (exact) mass is 483 g/mol. The van der Waals surface area contributed by atoms with Crippen LogP contribution in [0, 0.1) is 5.95 Å². The number of hydrogen-bond donors (Lipinski definition) is 2. The summed E-state index contributed by atoms with van der Waals surface area (Å²) in [5.74, 6) is -1.24. The molecule has 1 aliphatic heterocycles. The normalized spacial score (nSPS) is 17.1. The molecule has 4 amide bonds. The molecule has 0 spiro atoms. The van der Waals surface area contributed by atoms with Crippen molar-refractivity contribution in [3.05, 3.63) is 65.2 Å². The first kappa shape index (κ1) is 26.1. The second-order valence-electron chi connectivity index (χ2n) is 9.38. The van der Waals surface area contributed by atoms with Crippen molar-refractivity contribution in [2.75, 3.05) is 20.6 Å². The molecule has 0 bridgehead atoms. The van der Waals surface area contributed by atoms with E-state index >= 15 is 0 Å². The highest BCUT2D eigenvalue weighted by Crippen LogP contribution is 2.26. The summed E-state index contributed by atoms with van der Waals surface area (Å²) in [6.45, 7) is 5.81. The lowest BCUT2D eigenvalue weighted by atomic mass is 9.99. The Morgan fingerprint density at radius 2 is 1.74 bits per heavy atom. The second-order valence-corrected chi connectivity index (χ2v) is 9.38. The van der Waals surface area contributed by atoms with Crippen molar-refractivity contribution in [1.29, 1.82) is 0 Å². The molecule has 3 atom stereocenters. The van der Waals surface area contributed by atoms with Crippen LogP contribution in [0.1, 0.15) is 62.4 Å². The van der Waals surface area contributed by atoms with Gasteiger partial charge in [0.2, 0.25) is 17.8 Å². The molecule has 9 heteroatoms. The zero-order valence-electron chi connectivity index (χ0n) is 20.9. The number of hydrogen-bond acceptors (Lipinski definition) is 4. The smallest absolute Gasteiger partial charge is 0.317 e. The molecule has 2 aromatic rings. The molecular formula is C26H34FN5O3. The van der Waals surface area contributed by atoms with E-state index in [-0.39, 0.29) is 23.8 Å². The van der Waals surface area contributed by atoms with E-state index in [1.807, 2.05) is 44.2 Å². The van der Waals surface area contributed by atoms with Crippen molar-refractivity contribution < 1.29 is 18.8 Å². The lowest BCUT2D eigenvalue weighted by Gasteiger charge is -2.29. The number of benzene rings is 1. The Hall–Kier alpha value is -3.49. The number of carbonyl (C=O) groups excluding carboxylic acids is 3. The fourth-order valence-electron chi connectivity index (χ4n) is 4.19. The number of nitrogens with zero attached hydrogens (tertiary/aromatic N) is 3. The summed E-state index contributed by atoms with van der Waals surface area (Å²) in [5, 5.41) is 5.63. The first-order valence-electron chi connectivity index (χ1n) is 11.9. The zero-order valence-corrected chi connectivity index (χ0v) is 20.9. The van der Waals surface area contributed by atoms with Gasteiger partial charge in [0, 0.05) is 26.2 Å². The van der Waals surface area contributed by atoms with E-state index in [1.165, 1.54) is 9.80 Å². The van der Waals surface area contributed by atoms with Gasteiger partial charge < -0.3 is 20.4 Å². The van der Waals surface area contributed by atoms with E-state index in [0.717, 1.165) is 5.56 Å². The number of pyridine rings is 1. The van der Waals surface area contributed by atoms with Gasteiger partial charge in [0.1, 0.15) is 12.1 Å². The summed E-state index contributed by atoms with van der Waals surface area (Å²) in [5.41, 5.74) is 1.65. The van der Waals surface area contributed by atoms with Crippen molar-refractivity contribution in [2.45, 2.75) is 57.7 Å². The highest BCUT2D eigenvalue weighted by Gasteiger charge is 2.37. The molecule has 3 rings (SSSR count). The van der Waals surface area contributed by atoms with E-state index < -0.39 is 24.1 Å². The second kappa shape index (κ2) is 11.3. The summed E-state index contributed by atoms with van der Waals surface area (Å²) in [7, 11) is 3.18. The van der Waals surface area contributed by atoms with Crippen LogP contribution in [0.3, 0.4) is 0 Å². The van der Waals surface area contributed by atoms with Crippen LogP contribution in [0.15, 0.2) is 42.5 Å². The summed E-state index contributed by atoms with van der Waals surface area (Å²) in [6, 6.07) is 10.1. The van der Waals surface area contributed by atoms with Gasteiger partial charge in [-0.05, 0) is 37.3 Å². The average Bonchev–Trinajstić information content (AvgIpc) is 3.32. The zero-order chi connectivity index (χ0) is 25.7. The SMILES string of the molecule is CC(C)c1ccc([C@@H](NC(=O)[C@@H]2CCCN2C(=O)[C@H](C)NC(=O)N(C)C)c2ccccc2)nc1F. The van der Waals surface area contributed by atoms with Crippen molar-refractivity contribution in [2.24, 2.45) is 0 Å². The number of likely N-dealkylation sites (tertiary alicyclic amines) is 1. The molecular weight excluding hydrogens is 449 g/mol. The van der Waals surface area contributed by atoms with Gasteiger partial charge >= 0.3 is 6.03 Å². The van der Waals surface area contributed by atoms with Gasteiger partial charge in [-0.15, -0.1) is 0 Å². The molecule has 2 N–H and O–H groups in total. The van der Waals surface area contributed by atoms with Crippen molar-refractivity contribution in [3.8, 4) is 0 Å². The van der Waals surface area contributed by atoms with Crippen LogP contribution in [0.4, 0.5) is 9.18 Å². The van der Waals surface area contributed by atoms with Crippen LogP contribution in [0.5, 0.6) is 0 Å². The number of urea groups is 1. The van der Waals surface area contributed by atoms with Crippen molar-refractivity contribution in [3.63, 3.8) is 0 Å². The third kappa shape index (κ3) is 6.15.